The number of imidazole rings is 1. The van der Waals surface area contributed by atoms with E-state index in [0.717, 1.165) is 49.5 Å². The summed E-state index contributed by atoms with van der Waals surface area (Å²) in [6.45, 7) is 2.12. The molecular weight excluding hydrogens is 432 g/mol. The lowest BCUT2D eigenvalue weighted by molar-refractivity contribution is 1.01. The lowest BCUT2D eigenvalue weighted by atomic mass is 10.2. The van der Waals surface area contributed by atoms with Crippen molar-refractivity contribution in [3.63, 3.8) is 0 Å². The highest BCUT2D eigenvalue weighted by atomic mass is 79.9. The van der Waals surface area contributed by atoms with Crippen LogP contribution in [0.1, 0.15) is 12.6 Å². The molecule has 3 aromatic heterocycles. The maximum absolute atomic E-state index is 5.98. The van der Waals surface area contributed by atoms with Gasteiger partial charge in [-0.1, -0.05) is 30.7 Å². The van der Waals surface area contributed by atoms with Gasteiger partial charge in [0, 0.05) is 33.7 Å². The monoisotopic (exact) mass is 446 g/mol. The van der Waals surface area contributed by atoms with Crippen molar-refractivity contribution in [3.8, 4) is 11.3 Å². The Labute approximate surface area is 169 Å². The SMILES string of the molecule is CCc1nc2ccc(Br)cn2c1N(C)c1nc(-c2ccc(Cl)cc2)cs1. The third kappa shape index (κ3) is 3.13. The van der Waals surface area contributed by atoms with Crippen LogP contribution in [0.15, 0.2) is 52.4 Å². The molecule has 0 fully saturated rings. The van der Waals surface area contributed by atoms with Crippen molar-refractivity contribution in [2.75, 3.05) is 11.9 Å². The number of aromatic nitrogens is 3. The second-order valence-electron chi connectivity index (χ2n) is 5.89. The molecule has 4 rings (SSSR count). The number of hydrogen-bond acceptors (Lipinski definition) is 4. The van der Waals surface area contributed by atoms with Gasteiger partial charge in [0.15, 0.2) is 5.13 Å². The summed E-state index contributed by atoms with van der Waals surface area (Å²) in [6.07, 6.45) is 2.90. The molecule has 0 unspecified atom stereocenters. The molecule has 0 spiro atoms. The highest BCUT2D eigenvalue weighted by Crippen LogP contribution is 2.34. The molecule has 0 aliphatic rings. The van der Waals surface area contributed by atoms with Gasteiger partial charge in [0.2, 0.25) is 0 Å². The number of rotatable bonds is 4. The molecule has 7 heteroatoms. The van der Waals surface area contributed by atoms with Gasteiger partial charge >= 0.3 is 0 Å². The first kappa shape index (κ1) is 17.5. The second-order valence-corrected chi connectivity index (χ2v) is 8.08. The van der Waals surface area contributed by atoms with E-state index in [1.807, 2.05) is 49.6 Å². The first-order valence-electron chi connectivity index (χ1n) is 8.18. The van der Waals surface area contributed by atoms with E-state index in [1.54, 1.807) is 11.3 Å². The Kier molecular flexibility index (Phi) is 4.73. The summed E-state index contributed by atoms with van der Waals surface area (Å²) in [7, 11) is 2.04. The maximum atomic E-state index is 5.98. The number of pyridine rings is 1. The van der Waals surface area contributed by atoms with Crippen molar-refractivity contribution in [1.82, 2.24) is 14.4 Å². The highest BCUT2D eigenvalue weighted by Gasteiger charge is 2.19. The quantitative estimate of drug-likeness (QED) is 0.373. The van der Waals surface area contributed by atoms with Crippen LogP contribution in [-0.4, -0.2) is 21.4 Å². The molecule has 0 atom stereocenters. The summed E-state index contributed by atoms with van der Waals surface area (Å²) in [5, 5.41) is 3.72. The standard InChI is InChI=1S/C19H16BrClN4S/c1-3-15-18(25-10-13(20)6-9-17(25)22-15)24(2)19-23-16(11-26-19)12-4-7-14(21)8-5-12/h4-11H,3H2,1-2H3. The van der Waals surface area contributed by atoms with Crippen LogP contribution in [-0.2, 0) is 6.42 Å². The van der Waals surface area contributed by atoms with Crippen molar-refractivity contribution in [2.24, 2.45) is 0 Å². The number of benzene rings is 1. The summed E-state index contributed by atoms with van der Waals surface area (Å²) in [6, 6.07) is 11.8. The van der Waals surface area contributed by atoms with Crippen molar-refractivity contribution in [3.05, 3.63) is 63.2 Å². The second kappa shape index (κ2) is 7.02. The molecule has 0 saturated carbocycles. The fourth-order valence-electron chi connectivity index (χ4n) is 2.91. The van der Waals surface area contributed by atoms with Gasteiger partial charge in [-0.2, -0.15) is 0 Å². The topological polar surface area (TPSA) is 33.4 Å². The molecule has 0 bridgehead atoms. The molecule has 26 heavy (non-hydrogen) atoms. The molecule has 0 aliphatic carbocycles. The third-order valence-electron chi connectivity index (χ3n) is 4.20. The third-order valence-corrected chi connectivity index (χ3v) is 5.84. The number of anilines is 2. The van der Waals surface area contributed by atoms with Gasteiger partial charge in [-0.05, 0) is 46.6 Å². The summed E-state index contributed by atoms with van der Waals surface area (Å²) in [5.41, 5.74) is 3.98. The number of aryl methyl sites for hydroxylation is 1. The number of fused-ring (bicyclic) bond motifs is 1. The maximum Gasteiger partial charge on any atom is 0.191 e. The number of nitrogens with zero attached hydrogens (tertiary/aromatic N) is 4. The van der Waals surface area contributed by atoms with E-state index in [4.69, 9.17) is 21.6 Å². The van der Waals surface area contributed by atoms with Crippen molar-refractivity contribution in [1.29, 1.82) is 0 Å². The van der Waals surface area contributed by atoms with Gasteiger partial charge < -0.3 is 4.90 Å². The molecule has 0 amide bonds. The van der Waals surface area contributed by atoms with E-state index in [0.29, 0.717) is 0 Å². The number of hydrogen-bond donors (Lipinski definition) is 0. The van der Waals surface area contributed by atoms with Crippen LogP contribution >= 0.6 is 38.9 Å². The molecule has 0 N–H and O–H groups in total. The van der Waals surface area contributed by atoms with E-state index >= 15 is 0 Å². The Bertz CT molecular complexity index is 1070. The fourth-order valence-corrected chi connectivity index (χ4v) is 4.17. The van der Waals surface area contributed by atoms with Gasteiger partial charge in [-0.15, -0.1) is 11.3 Å². The van der Waals surface area contributed by atoms with Crippen LogP contribution in [0.2, 0.25) is 5.02 Å². The smallest absolute Gasteiger partial charge is 0.191 e. The molecule has 0 radical (unpaired) electrons. The zero-order valence-corrected chi connectivity index (χ0v) is 17.4. The van der Waals surface area contributed by atoms with Crippen molar-refractivity contribution in [2.45, 2.75) is 13.3 Å². The van der Waals surface area contributed by atoms with Crippen LogP contribution in [0, 0.1) is 0 Å². The van der Waals surface area contributed by atoms with E-state index in [1.165, 1.54) is 0 Å². The van der Waals surface area contributed by atoms with Crippen LogP contribution in [0.5, 0.6) is 0 Å². The van der Waals surface area contributed by atoms with E-state index in [-0.39, 0.29) is 0 Å². The molecule has 4 aromatic rings. The van der Waals surface area contributed by atoms with Crippen molar-refractivity contribution < 1.29 is 0 Å². The summed E-state index contributed by atoms with van der Waals surface area (Å²) in [4.78, 5) is 11.7. The van der Waals surface area contributed by atoms with Gasteiger partial charge in [0.05, 0.1) is 11.4 Å². The van der Waals surface area contributed by atoms with Gasteiger partial charge in [-0.3, -0.25) is 4.40 Å². The number of thiazole rings is 1. The average Bonchev–Trinajstić information content (AvgIpc) is 3.26. The fraction of sp³-hybridized carbons (Fsp3) is 0.158. The summed E-state index contributed by atoms with van der Waals surface area (Å²) in [5.74, 6) is 1.04. The van der Waals surface area contributed by atoms with Gasteiger partial charge in [0.1, 0.15) is 11.5 Å². The highest BCUT2D eigenvalue weighted by molar-refractivity contribution is 9.10. The largest absolute Gasteiger partial charge is 0.305 e. The molecule has 0 saturated heterocycles. The molecule has 0 aliphatic heterocycles. The number of halogens is 2. The Morgan fingerprint density at radius 2 is 1.92 bits per heavy atom. The van der Waals surface area contributed by atoms with Crippen molar-refractivity contribution >= 4 is 55.5 Å². The first-order chi connectivity index (χ1) is 12.6. The van der Waals surface area contributed by atoms with Crippen LogP contribution < -0.4 is 4.90 Å². The van der Waals surface area contributed by atoms with Gasteiger partial charge in [-0.25, -0.2) is 9.97 Å². The normalized spacial score (nSPS) is 11.2. The predicted molar refractivity (Wildman–Crippen MR) is 113 cm³/mol. The van der Waals surface area contributed by atoms with Crippen LogP contribution in [0.25, 0.3) is 16.9 Å². The first-order valence-corrected chi connectivity index (χ1v) is 10.2. The molecule has 3 heterocycles. The van der Waals surface area contributed by atoms with Gasteiger partial charge in [0.25, 0.3) is 0 Å². The Hall–Kier alpha value is -1.89. The van der Waals surface area contributed by atoms with Crippen LogP contribution in [0.4, 0.5) is 10.9 Å². The Morgan fingerprint density at radius 1 is 1.15 bits per heavy atom. The van der Waals surface area contributed by atoms with Crippen LogP contribution in [0.3, 0.4) is 0 Å². The predicted octanol–water partition coefficient (Wildman–Crippen LogP) is 6.20. The van der Waals surface area contributed by atoms with E-state index in [2.05, 4.69) is 37.5 Å². The Morgan fingerprint density at radius 3 is 2.65 bits per heavy atom. The minimum Gasteiger partial charge on any atom is -0.305 e. The average molecular weight is 448 g/mol. The van der Waals surface area contributed by atoms with E-state index < -0.39 is 0 Å². The lowest BCUT2D eigenvalue weighted by Crippen LogP contribution is -2.13. The van der Waals surface area contributed by atoms with E-state index in [9.17, 15) is 0 Å². The lowest BCUT2D eigenvalue weighted by Gasteiger charge is -2.17. The Balaban J connectivity index is 1.76. The molecule has 1 aromatic carbocycles. The zero-order chi connectivity index (χ0) is 18.3. The molecular formula is C19H16BrClN4S. The molecule has 4 nitrogen and oxygen atoms in total. The zero-order valence-electron chi connectivity index (χ0n) is 14.3. The minimum absolute atomic E-state index is 0.727. The minimum atomic E-state index is 0.727. The summed E-state index contributed by atoms with van der Waals surface area (Å²) >= 11 is 11.2. The summed E-state index contributed by atoms with van der Waals surface area (Å²) < 4.78 is 3.12. The molecule has 132 valence electrons.